The molecular weight excluding hydrogens is 453 g/mol. The maximum absolute atomic E-state index is 5.68. The fraction of sp³-hybridized carbons (Fsp3) is 0.381. The minimum atomic E-state index is 0. The molecule has 0 aliphatic carbocycles. The number of guanidine groups is 1. The van der Waals surface area contributed by atoms with Crippen molar-refractivity contribution in [3.8, 4) is 5.75 Å². The molecule has 0 amide bonds. The Labute approximate surface area is 179 Å². The van der Waals surface area contributed by atoms with Crippen molar-refractivity contribution in [2.24, 2.45) is 4.99 Å². The number of nitrogens with one attached hydrogen (secondary N) is 2. The van der Waals surface area contributed by atoms with Gasteiger partial charge in [0.25, 0.3) is 0 Å². The fourth-order valence-electron chi connectivity index (χ4n) is 2.56. The summed E-state index contributed by atoms with van der Waals surface area (Å²) in [6.07, 6.45) is 1.03. The first-order valence-corrected chi connectivity index (χ1v) is 8.98. The lowest BCUT2D eigenvalue weighted by Crippen LogP contribution is -2.36. The summed E-state index contributed by atoms with van der Waals surface area (Å²) in [5.41, 5.74) is 3.56. The maximum Gasteiger partial charge on any atom is 0.191 e. The molecule has 0 bridgehead atoms. The number of aliphatic imine (C=N–C) groups is 1. The number of benzene rings is 2. The predicted molar refractivity (Wildman–Crippen MR) is 122 cm³/mol. The molecule has 2 aromatic carbocycles. The van der Waals surface area contributed by atoms with E-state index in [0.29, 0.717) is 19.7 Å². The second-order valence-electron chi connectivity index (χ2n) is 5.95. The number of hydrogen-bond donors (Lipinski definition) is 2. The average Bonchev–Trinajstić information content (AvgIpc) is 2.69. The molecule has 0 aromatic heterocycles. The van der Waals surface area contributed by atoms with Gasteiger partial charge >= 0.3 is 0 Å². The highest BCUT2D eigenvalue weighted by Gasteiger charge is 2.04. The lowest BCUT2D eigenvalue weighted by atomic mass is 10.1. The Bertz CT molecular complexity index is 707. The van der Waals surface area contributed by atoms with Gasteiger partial charge in [0.2, 0.25) is 0 Å². The van der Waals surface area contributed by atoms with Crippen molar-refractivity contribution in [2.45, 2.75) is 33.0 Å². The first kappa shape index (κ1) is 23.2. The smallest absolute Gasteiger partial charge is 0.191 e. The van der Waals surface area contributed by atoms with Crippen LogP contribution in [-0.2, 0) is 24.4 Å². The molecule has 27 heavy (non-hydrogen) atoms. The molecule has 0 saturated carbocycles. The van der Waals surface area contributed by atoms with Gasteiger partial charge in [0.15, 0.2) is 5.96 Å². The molecule has 0 aliphatic rings. The normalized spacial score (nSPS) is 10.9. The summed E-state index contributed by atoms with van der Waals surface area (Å²) in [7, 11) is 3.45. The van der Waals surface area contributed by atoms with Gasteiger partial charge in [0.1, 0.15) is 5.75 Å². The van der Waals surface area contributed by atoms with Crippen molar-refractivity contribution >= 4 is 29.9 Å². The van der Waals surface area contributed by atoms with Crippen molar-refractivity contribution in [2.75, 3.05) is 20.8 Å². The highest BCUT2D eigenvalue weighted by molar-refractivity contribution is 14.0. The zero-order valence-electron chi connectivity index (χ0n) is 16.3. The van der Waals surface area contributed by atoms with Crippen LogP contribution < -0.4 is 15.4 Å². The lowest BCUT2D eigenvalue weighted by molar-refractivity contribution is 0.121. The molecule has 0 atom stereocenters. The number of ether oxygens (including phenoxy) is 2. The number of nitrogens with zero attached hydrogens (tertiary/aromatic N) is 1. The van der Waals surface area contributed by atoms with E-state index >= 15 is 0 Å². The van der Waals surface area contributed by atoms with Crippen molar-refractivity contribution < 1.29 is 9.47 Å². The van der Waals surface area contributed by atoms with E-state index in [-0.39, 0.29) is 24.0 Å². The van der Waals surface area contributed by atoms with Crippen molar-refractivity contribution in [3.05, 3.63) is 65.2 Å². The second kappa shape index (κ2) is 13.4. The van der Waals surface area contributed by atoms with Crippen LogP contribution in [0.1, 0.15) is 30.0 Å². The van der Waals surface area contributed by atoms with E-state index < -0.39 is 0 Å². The maximum atomic E-state index is 5.68. The molecule has 0 spiro atoms. The van der Waals surface area contributed by atoms with Gasteiger partial charge in [-0.15, -0.1) is 24.0 Å². The van der Waals surface area contributed by atoms with Gasteiger partial charge < -0.3 is 20.1 Å². The van der Waals surface area contributed by atoms with E-state index in [0.717, 1.165) is 30.3 Å². The zero-order valence-corrected chi connectivity index (χ0v) is 18.7. The van der Waals surface area contributed by atoms with Crippen LogP contribution in [0.5, 0.6) is 5.75 Å². The van der Waals surface area contributed by atoms with Crippen LogP contribution in [0.25, 0.3) is 0 Å². The Morgan fingerprint density at radius 2 is 1.74 bits per heavy atom. The van der Waals surface area contributed by atoms with E-state index in [1.165, 1.54) is 11.1 Å². The Morgan fingerprint density at radius 1 is 1.00 bits per heavy atom. The molecular formula is C21H30IN3O2. The van der Waals surface area contributed by atoms with Gasteiger partial charge in [-0.05, 0) is 35.2 Å². The van der Waals surface area contributed by atoms with Crippen LogP contribution in [0.4, 0.5) is 0 Å². The molecule has 0 unspecified atom stereocenters. The molecule has 2 rings (SSSR count). The largest absolute Gasteiger partial charge is 0.497 e. The molecule has 0 fully saturated rings. The van der Waals surface area contributed by atoms with Crippen molar-refractivity contribution in [3.63, 3.8) is 0 Å². The molecule has 2 aromatic rings. The molecule has 0 radical (unpaired) electrons. The van der Waals surface area contributed by atoms with Crippen molar-refractivity contribution in [1.29, 1.82) is 0 Å². The summed E-state index contributed by atoms with van der Waals surface area (Å²) in [6, 6.07) is 16.3. The molecule has 6 heteroatoms. The Balaban J connectivity index is 0.00000364. The summed E-state index contributed by atoms with van der Waals surface area (Å²) < 4.78 is 10.9. The fourth-order valence-corrected chi connectivity index (χ4v) is 2.56. The van der Waals surface area contributed by atoms with Gasteiger partial charge in [-0.25, -0.2) is 0 Å². The van der Waals surface area contributed by atoms with Gasteiger partial charge in [0, 0.05) is 26.7 Å². The van der Waals surface area contributed by atoms with E-state index in [2.05, 4.69) is 40.7 Å². The first-order chi connectivity index (χ1) is 12.8. The number of methoxy groups -OCH3 is 1. The van der Waals surface area contributed by atoms with E-state index in [9.17, 15) is 0 Å². The van der Waals surface area contributed by atoms with Gasteiger partial charge in [-0.2, -0.15) is 0 Å². The lowest BCUT2D eigenvalue weighted by Gasteiger charge is -2.15. The van der Waals surface area contributed by atoms with Gasteiger partial charge in [-0.1, -0.05) is 43.3 Å². The molecule has 5 nitrogen and oxygen atoms in total. The monoisotopic (exact) mass is 483 g/mol. The number of hydrogen-bond acceptors (Lipinski definition) is 3. The van der Waals surface area contributed by atoms with Crippen LogP contribution in [-0.4, -0.2) is 26.7 Å². The van der Waals surface area contributed by atoms with Gasteiger partial charge in [0.05, 0.1) is 13.7 Å². The minimum absolute atomic E-state index is 0. The topological polar surface area (TPSA) is 54.9 Å². The van der Waals surface area contributed by atoms with E-state index in [1.807, 2.05) is 30.3 Å². The Morgan fingerprint density at radius 3 is 2.44 bits per heavy atom. The average molecular weight is 483 g/mol. The Kier molecular flexibility index (Phi) is 11.5. The first-order valence-electron chi connectivity index (χ1n) is 8.98. The minimum Gasteiger partial charge on any atom is -0.497 e. The van der Waals surface area contributed by atoms with Crippen LogP contribution >= 0.6 is 24.0 Å². The zero-order chi connectivity index (χ0) is 18.6. The van der Waals surface area contributed by atoms with E-state index in [4.69, 9.17) is 9.47 Å². The predicted octanol–water partition coefficient (Wildman–Crippen LogP) is 4.11. The van der Waals surface area contributed by atoms with E-state index in [1.54, 1.807) is 14.2 Å². The highest BCUT2D eigenvalue weighted by Crippen LogP contribution is 2.12. The highest BCUT2D eigenvalue weighted by atomic mass is 127. The van der Waals surface area contributed by atoms with Gasteiger partial charge in [-0.3, -0.25) is 4.99 Å². The van der Waals surface area contributed by atoms with Crippen LogP contribution in [0, 0.1) is 0 Å². The van der Waals surface area contributed by atoms with Crippen LogP contribution in [0.2, 0.25) is 0 Å². The molecule has 0 aliphatic heterocycles. The standard InChI is InChI=1S/C21H29N3O2.HI/c1-4-12-26-16-19-10-6-5-9-18(19)15-24-21(22-2)23-14-17-8-7-11-20(13-17)25-3;/h5-11,13H,4,12,14-16H2,1-3H3,(H2,22,23,24);1H. The summed E-state index contributed by atoms with van der Waals surface area (Å²) in [5, 5.41) is 6.70. The van der Waals surface area contributed by atoms with Crippen LogP contribution in [0.3, 0.4) is 0 Å². The van der Waals surface area contributed by atoms with Crippen LogP contribution in [0.15, 0.2) is 53.5 Å². The SMILES string of the molecule is CCCOCc1ccccc1CNC(=NC)NCc1cccc(OC)c1.I. The summed E-state index contributed by atoms with van der Waals surface area (Å²) in [5.74, 6) is 1.62. The molecule has 2 N–H and O–H groups in total. The molecule has 148 valence electrons. The third-order valence-corrected chi connectivity index (χ3v) is 3.99. The third kappa shape index (κ3) is 8.17. The van der Waals surface area contributed by atoms with Crippen molar-refractivity contribution in [1.82, 2.24) is 10.6 Å². The molecule has 0 heterocycles. The molecule has 0 saturated heterocycles. The summed E-state index contributed by atoms with van der Waals surface area (Å²) in [4.78, 5) is 4.30. The third-order valence-electron chi connectivity index (χ3n) is 3.99. The summed E-state index contributed by atoms with van der Waals surface area (Å²) in [6.45, 7) is 4.92. The Hall–Kier alpha value is -1.80. The quantitative estimate of drug-likeness (QED) is 0.244. The second-order valence-corrected chi connectivity index (χ2v) is 5.95. The summed E-state index contributed by atoms with van der Waals surface area (Å²) >= 11 is 0. The number of rotatable bonds is 9. The number of halogens is 1.